The second kappa shape index (κ2) is 8.54. The van der Waals surface area contributed by atoms with E-state index in [0.29, 0.717) is 56.1 Å². The largest absolute Gasteiger partial charge is 0.493 e. The summed E-state index contributed by atoms with van der Waals surface area (Å²) in [7, 11) is 1.53. The highest BCUT2D eigenvalue weighted by atomic mass is 16.5. The molecule has 1 aliphatic rings. The van der Waals surface area contributed by atoms with Crippen LogP contribution in [-0.4, -0.2) is 56.1 Å². The van der Waals surface area contributed by atoms with Crippen LogP contribution in [0.3, 0.4) is 0 Å². The van der Waals surface area contributed by atoms with Gasteiger partial charge in [-0.2, -0.15) is 0 Å². The smallest absolute Gasteiger partial charge is 0.255 e. The maximum absolute atomic E-state index is 12.6. The molecule has 2 rings (SSSR count). The molecular formula is C17H25N3O4. The zero-order valence-electron chi connectivity index (χ0n) is 14.2. The van der Waals surface area contributed by atoms with Crippen LogP contribution in [0.15, 0.2) is 18.2 Å². The summed E-state index contributed by atoms with van der Waals surface area (Å²) < 4.78 is 11.0. The van der Waals surface area contributed by atoms with Gasteiger partial charge >= 0.3 is 0 Å². The molecule has 24 heavy (non-hydrogen) atoms. The highest BCUT2D eigenvalue weighted by Gasteiger charge is 2.30. The van der Waals surface area contributed by atoms with Gasteiger partial charge in [-0.1, -0.05) is 6.07 Å². The van der Waals surface area contributed by atoms with Gasteiger partial charge in [0.25, 0.3) is 5.91 Å². The number of likely N-dealkylation sites (N-methyl/N-ethyl adjacent to an activating group) is 1. The van der Waals surface area contributed by atoms with Crippen LogP contribution >= 0.6 is 0 Å². The van der Waals surface area contributed by atoms with Gasteiger partial charge in [0.1, 0.15) is 0 Å². The third kappa shape index (κ3) is 4.17. The first-order valence-corrected chi connectivity index (χ1v) is 8.19. The Balaban J connectivity index is 2.12. The molecule has 0 spiro atoms. The molecule has 1 aliphatic heterocycles. The number of hydrogen-bond acceptors (Lipinski definition) is 5. The first kappa shape index (κ1) is 18.1. The zero-order valence-corrected chi connectivity index (χ0v) is 14.2. The first-order valence-electron chi connectivity index (χ1n) is 8.19. The fourth-order valence-electron chi connectivity index (χ4n) is 2.70. The molecule has 0 aromatic heterocycles. The summed E-state index contributed by atoms with van der Waals surface area (Å²) in [5.41, 5.74) is 5.88. The number of carbonyl (C=O) groups excluding carboxylic acids is 2. The minimum absolute atomic E-state index is 0.0628. The van der Waals surface area contributed by atoms with Crippen LogP contribution in [0.2, 0.25) is 0 Å². The molecule has 3 N–H and O–H groups in total. The van der Waals surface area contributed by atoms with E-state index >= 15 is 0 Å². The first-order chi connectivity index (χ1) is 11.6. The van der Waals surface area contributed by atoms with Crippen molar-refractivity contribution in [3.05, 3.63) is 23.8 Å². The van der Waals surface area contributed by atoms with Gasteiger partial charge in [-0.25, -0.2) is 0 Å². The lowest BCUT2D eigenvalue weighted by molar-refractivity contribution is -0.127. The monoisotopic (exact) mass is 335 g/mol. The Bertz CT molecular complexity index is 591. The molecule has 1 aromatic rings. The molecule has 1 saturated heterocycles. The number of nitrogens with one attached hydrogen (secondary N) is 1. The topological polar surface area (TPSA) is 93.9 Å². The van der Waals surface area contributed by atoms with Crippen molar-refractivity contribution in [2.75, 3.05) is 33.4 Å². The molecule has 1 aromatic carbocycles. The van der Waals surface area contributed by atoms with Gasteiger partial charge in [-0.3, -0.25) is 9.59 Å². The van der Waals surface area contributed by atoms with E-state index in [1.807, 2.05) is 6.92 Å². The summed E-state index contributed by atoms with van der Waals surface area (Å²) in [5, 5.41) is 2.91. The van der Waals surface area contributed by atoms with Crippen molar-refractivity contribution in [3.8, 4) is 11.5 Å². The fraction of sp³-hybridized carbons (Fsp3) is 0.529. The average molecular weight is 335 g/mol. The van der Waals surface area contributed by atoms with E-state index in [0.717, 1.165) is 0 Å². The Morgan fingerprint density at radius 3 is 2.88 bits per heavy atom. The van der Waals surface area contributed by atoms with Crippen molar-refractivity contribution in [1.29, 1.82) is 0 Å². The second-order valence-corrected chi connectivity index (χ2v) is 5.63. The number of amides is 2. The molecular weight excluding hydrogens is 310 g/mol. The maximum atomic E-state index is 12.6. The number of methoxy groups -OCH3 is 1. The van der Waals surface area contributed by atoms with E-state index in [1.54, 1.807) is 23.1 Å². The van der Waals surface area contributed by atoms with Crippen LogP contribution in [-0.2, 0) is 4.79 Å². The van der Waals surface area contributed by atoms with E-state index in [-0.39, 0.29) is 17.9 Å². The van der Waals surface area contributed by atoms with Crippen LogP contribution in [0.25, 0.3) is 0 Å². The van der Waals surface area contributed by atoms with Gasteiger partial charge in [-0.15, -0.1) is 0 Å². The van der Waals surface area contributed by atoms with Gasteiger partial charge in [0.2, 0.25) is 5.91 Å². The fourth-order valence-corrected chi connectivity index (χ4v) is 2.70. The number of hydrogen-bond donors (Lipinski definition) is 2. The highest BCUT2D eigenvalue weighted by molar-refractivity contribution is 5.98. The van der Waals surface area contributed by atoms with Gasteiger partial charge in [0.05, 0.1) is 25.3 Å². The quantitative estimate of drug-likeness (QED) is 0.685. The van der Waals surface area contributed by atoms with Crippen LogP contribution in [0.5, 0.6) is 11.5 Å². The van der Waals surface area contributed by atoms with E-state index in [1.165, 1.54) is 7.11 Å². The van der Waals surface area contributed by atoms with E-state index in [9.17, 15) is 9.59 Å². The lowest BCUT2D eigenvalue weighted by atomic mass is 10.1. The molecule has 0 unspecified atom stereocenters. The predicted octanol–water partition coefficient (Wildman–Crippen LogP) is 0.773. The number of nitrogens with two attached hydrogens (primary N) is 1. The molecule has 132 valence electrons. The number of benzene rings is 1. The third-order valence-electron chi connectivity index (χ3n) is 3.97. The molecule has 0 radical (unpaired) electrons. The van der Waals surface area contributed by atoms with Crippen LogP contribution < -0.4 is 20.5 Å². The molecule has 0 saturated carbocycles. The lowest BCUT2D eigenvalue weighted by Crippen LogP contribution is -2.37. The van der Waals surface area contributed by atoms with E-state index in [2.05, 4.69) is 5.32 Å². The number of rotatable bonds is 8. The predicted molar refractivity (Wildman–Crippen MR) is 90.3 cm³/mol. The second-order valence-electron chi connectivity index (χ2n) is 5.63. The van der Waals surface area contributed by atoms with Gasteiger partial charge in [0, 0.05) is 19.5 Å². The van der Waals surface area contributed by atoms with E-state index in [4.69, 9.17) is 15.2 Å². The van der Waals surface area contributed by atoms with Crippen molar-refractivity contribution >= 4 is 11.8 Å². The minimum atomic E-state index is -0.271. The summed E-state index contributed by atoms with van der Waals surface area (Å²) >= 11 is 0. The molecule has 7 heteroatoms. The number of carbonyl (C=O) groups is 2. The third-order valence-corrected chi connectivity index (χ3v) is 3.97. The number of para-hydroxylation sites is 1. The Hall–Kier alpha value is -2.28. The maximum Gasteiger partial charge on any atom is 0.255 e. The van der Waals surface area contributed by atoms with Crippen molar-refractivity contribution in [3.63, 3.8) is 0 Å². The van der Waals surface area contributed by atoms with E-state index < -0.39 is 0 Å². The van der Waals surface area contributed by atoms with Gasteiger partial charge in [0.15, 0.2) is 11.5 Å². The minimum Gasteiger partial charge on any atom is -0.493 e. The number of likely N-dealkylation sites (tertiary alicyclic amines) is 1. The Morgan fingerprint density at radius 1 is 1.46 bits per heavy atom. The van der Waals surface area contributed by atoms with Gasteiger partial charge < -0.3 is 25.4 Å². The number of nitrogens with zero attached hydrogens (tertiary/aromatic N) is 1. The lowest BCUT2D eigenvalue weighted by Gasteiger charge is -2.17. The summed E-state index contributed by atoms with van der Waals surface area (Å²) in [6.07, 6.45) is 1.01. The summed E-state index contributed by atoms with van der Waals surface area (Å²) in [4.78, 5) is 26.1. The van der Waals surface area contributed by atoms with Crippen molar-refractivity contribution in [2.45, 2.75) is 25.8 Å². The molecule has 2 amide bonds. The van der Waals surface area contributed by atoms with Crippen LogP contribution in [0, 0.1) is 0 Å². The molecule has 7 nitrogen and oxygen atoms in total. The normalized spacial score (nSPS) is 17.0. The Labute approximate surface area is 142 Å². The molecule has 1 heterocycles. The van der Waals surface area contributed by atoms with Gasteiger partial charge in [-0.05, 0) is 32.0 Å². The van der Waals surface area contributed by atoms with Crippen LogP contribution in [0.1, 0.15) is 30.1 Å². The average Bonchev–Trinajstić information content (AvgIpc) is 2.94. The SMILES string of the molecule is CCN1C[C@@H](NC(=O)c2cccc(OC)c2OCCCN)CC1=O. The molecule has 0 aliphatic carbocycles. The summed E-state index contributed by atoms with van der Waals surface area (Å²) in [5.74, 6) is 0.695. The number of ether oxygens (including phenoxy) is 2. The highest BCUT2D eigenvalue weighted by Crippen LogP contribution is 2.31. The zero-order chi connectivity index (χ0) is 17.5. The van der Waals surface area contributed by atoms with Crippen molar-refractivity contribution in [1.82, 2.24) is 10.2 Å². The molecule has 1 atom stereocenters. The molecule has 0 bridgehead atoms. The Morgan fingerprint density at radius 2 is 2.25 bits per heavy atom. The van der Waals surface area contributed by atoms with Crippen molar-refractivity contribution < 1.29 is 19.1 Å². The molecule has 1 fully saturated rings. The van der Waals surface area contributed by atoms with Crippen molar-refractivity contribution in [2.24, 2.45) is 5.73 Å². The summed E-state index contributed by atoms with van der Waals surface area (Å²) in [6, 6.07) is 4.98. The van der Waals surface area contributed by atoms with Crippen LogP contribution in [0.4, 0.5) is 0 Å². The standard InChI is InChI=1S/C17H25N3O4/c1-3-20-11-12(10-15(20)21)19-17(22)13-6-4-7-14(23-2)16(13)24-9-5-8-18/h4,6-7,12H,3,5,8-11,18H2,1-2H3,(H,19,22)/t12-/m0/s1. The Kier molecular flexibility index (Phi) is 6.43. The summed E-state index contributed by atoms with van der Waals surface area (Å²) in [6.45, 7) is 4.02.